The van der Waals surface area contributed by atoms with Crippen LogP contribution in [0.5, 0.6) is 5.88 Å². The van der Waals surface area contributed by atoms with E-state index in [-0.39, 0.29) is 5.56 Å². The van der Waals surface area contributed by atoms with Crippen molar-refractivity contribution in [1.82, 2.24) is 4.40 Å². The molecule has 0 unspecified atom stereocenters. The summed E-state index contributed by atoms with van der Waals surface area (Å²) in [5.41, 5.74) is 0.706. The van der Waals surface area contributed by atoms with Crippen molar-refractivity contribution in [2.24, 2.45) is 0 Å². The van der Waals surface area contributed by atoms with E-state index in [0.29, 0.717) is 5.88 Å². The van der Waals surface area contributed by atoms with Crippen LogP contribution in [0.4, 0.5) is 0 Å². The predicted octanol–water partition coefficient (Wildman–Crippen LogP) is 2.07. The molecular formula is C10H8BrNO2. The number of methoxy groups -OCH3 is 1. The minimum atomic E-state index is -0.0966. The molecule has 0 aliphatic heterocycles. The van der Waals surface area contributed by atoms with Gasteiger partial charge in [0.05, 0.1) is 12.6 Å². The van der Waals surface area contributed by atoms with E-state index >= 15 is 0 Å². The summed E-state index contributed by atoms with van der Waals surface area (Å²) in [5, 5.41) is 0. The maximum absolute atomic E-state index is 11.6. The second-order valence-electron chi connectivity index (χ2n) is 2.81. The van der Waals surface area contributed by atoms with Crippen molar-refractivity contribution >= 4 is 21.4 Å². The van der Waals surface area contributed by atoms with Crippen molar-refractivity contribution in [2.45, 2.75) is 0 Å². The molecule has 0 saturated heterocycles. The van der Waals surface area contributed by atoms with Gasteiger partial charge in [-0.15, -0.1) is 0 Å². The number of halogens is 1. The minimum Gasteiger partial charge on any atom is -0.482 e. The molecule has 0 N–H and O–H groups in total. The van der Waals surface area contributed by atoms with E-state index in [1.807, 2.05) is 12.1 Å². The number of ether oxygens (including phenoxy) is 1. The predicted molar refractivity (Wildman–Crippen MR) is 57.9 cm³/mol. The highest BCUT2D eigenvalue weighted by molar-refractivity contribution is 9.10. The van der Waals surface area contributed by atoms with Gasteiger partial charge < -0.3 is 4.74 Å². The molecule has 72 valence electrons. The van der Waals surface area contributed by atoms with Gasteiger partial charge in [0, 0.05) is 10.5 Å². The van der Waals surface area contributed by atoms with Gasteiger partial charge in [0.1, 0.15) is 0 Å². The van der Waals surface area contributed by atoms with Crippen LogP contribution in [0.15, 0.2) is 39.6 Å². The SMILES string of the molecule is COc1cccc2c(Br)ccc(=O)n12. The van der Waals surface area contributed by atoms with Crippen LogP contribution >= 0.6 is 15.9 Å². The maximum atomic E-state index is 11.6. The molecule has 2 aromatic rings. The molecular weight excluding hydrogens is 246 g/mol. The molecule has 0 aliphatic carbocycles. The number of aromatic nitrogens is 1. The van der Waals surface area contributed by atoms with E-state index in [1.165, 1.54) is 10.5 Å². The monoisotopic (exact) mass is 253 g/mol. The number of pyridine rings is 2. The fourth-order valence-corrected chi connectivity index (χ4v) is 1.81. The highest BCUT2D eigenvalue weighted by Crippen LogP contribution is 2.19. The van der Waals surface area contributed by atoms with E-state index in [2.05, 4.69) is 15.9 Å². The fraction of sp³-hybridized carbons (Fsp3) is 0.100. The van der Waals surface area contributed by atoms with Crippen LogP contribution in [0.2, 0.25) is 0 Å². The van der Waals surface area contributed by atoms with Crippen LogP contribution in [-0.4, -0.2) is 11.5 Å². The molecule has 0 amide bonds. The molecule has 0 saturated carbocycles. The van der Waals surface area contributed by atoms with Gasteiger partial charge in [0.15, 0.2) is 0 Å². The normalized spacial score (nSPS) is 10.4. The van der Waals surface area contributed by atoms with E-state index in [4.69, 9.17) is 4.74 Å². The lowest BCUT2D eigenvalue weighted by Gasteiger charge is -2.07. The molecule has 0 spiro atoms. The third-order valence-corrected chi connectivity index (χ3v) is 2.67. The Balaban J connectivity index is 2.99. The van der Waals surface area contributed by atoms with Crippen molar-refractivity contribution in [3.05, 3.63) is 45.2 Å². The third kappa shape index (κ3) is 1.32. The summed E-state index contributed by atoms with van der Waals surface area (Å²) in [6.07, 6.45) is 0. The van der Waals surface area contributed by atoms with Gasteiger partial charge in [-0.25, -0.2) is 4.40 Å². The molecule has 2 aromatic heterocycles. The molecule has 2 rings (SSSR count). The summed E-state index contributed by atoms with van der Waals surface area (Å²) in [6.45, 7) is 0. The molecule has 0 radical (unpaired) electrons. The summed E-state index contributed by atoms with van der Waals surface area (Å²) < 4.78 is 7.49. The van der Waals surface area contributed by atoms with E-state index < -0.39 is 0 Å². The van der Waals surface area contributed by atoms with Crippen molar-refractivity contribution in [1.29, 1.82) is 0 Å². The maximum Gasteiger partial charge on any atom is 0.257 e. The zero-order chi connectivity index (χ0) is 10.1. The lowest BCUT2D eigenvalue weighted by Crippen LogP contribution is -2.13. The first-order chi connectivity index (χ1) is 6.74. The van der Waals surface area contributed by atoms with Gasteiger partial charge in [-0.1, -0.05) is 6.07 Å². The number of hydrogen-bond donors (Lipinski definition) is 0. The summed E-state index contributed by atoms with van der Waals surface area (Å²) in [5.74, 6) is 0.536. The number of nitrogens with zero attached hydrogens (tertiary/aromatic N) is 1. The van der Waals surface area contributed by atoms with Crippen molar-refractivity contribution < 1.29 is 4.74 Å². The summed E-state index contributed by atoms with van der Waals surface area (Å²) in [7, 11) is 1.54. The Morgan fingerprint density at radius 1 is 1.29 bits per heavy atom. The van der Waals surface area contributed by atoms with Crippen LogP contribution in [0.1, 0.15) is 0 Å². The van der Waals surface area contributed by atoms with Crippen molar-refractivity contribution in [3.63, 3.8) is 0 Å². The van der Waals surface area contributed by atoms with Crippen LogP contribution in [0.25, 0.3) is 5.52 Å². The molecule has 0 bridgehead atoms. The second-order valence-corrected chi connectivity index (χ2v) is 3.66. The highest BCUT2D eigenvalue weighted by Gasteiger charge is 2.04. The molecule has 14 heavy (non-hydrogen) atoms. The molecule has 0 atom stereocenters. The lowest BCUT2D eigenvalue weighted by molar-refractivity contribution is 0.390. The Kier molecular flexibility index (Phi) is 2.29. The Labute approximate surface area is 89.1 Å². The van der Waals surface area contributed by atoms with Gasteiger partial charge in [-0.2, -0.15) is 0 Å². The summed E-state index contributed by atoms with van der Waals surface area (Å²) >= 11 is 3.38. The second kappa shape index (κ2) is 3.46. The first-order valence-corrected chi connectivity index (χ1v) is 4.87. The lowest BCUT2D eigenvalue weighted by atomic mass is 10.3. The van der Waals surface area contributed by atoms with Crippen molar-refractivity contribution in [2.75, 3.05) is 7.11 Å². The molecule has 2 heterocycles. The van der Waals surface area contributed by atoms with Crippen LogP contribution in [0.3, 0.4) is 0 Å². The quantitative estimate of drug-likeness (QED) is 0.779. The van der Waals surface area contributed by atoms with Crippen LogP contribution in [0, 0.1) is 0 Å². The Hall–Kier alpha value is -1.29. The first kappa shape index (κ1) is 9.27. The molecule has 0 aliphatic rings. The van der Waals surface area contributed by atoms with Crippen LogP contribution < -0.4 is 10.3 Å². The van der Waals surface area contributed by atoms with E-state index in [1.54, 1.807) is 19.2 Å². The zero-order valence-electron chi connectivity index (χ0n) is 7.53. The average Bonchev–Trinajstić information content (AvgIpc) is 2.23. The topological polar surface area (TPSA) is 30.7 Å². The van der Waals surface area contributed by atoms with Gasteiger partial charge in [-0.05, 0) is 34.1 Å². The van der Waals surface area contributed by atoms with Crippen LogP contribution in [-0.2, 0) is 0 Å². The zero-order valence-corrected chi connectivity index (χ0v) is 9.11. The Bertz CT molecular complexity index is 533. The van der Waals surface area contributed by atoms with E-state index in [9.17, 15) is 4.79 Å². The van der Waals surface area contributed by atoms with Crippen molar-refractivity contribution in [3.8, 4) is 5.88 Å². The number of fused-ring (bicyclic) bond motifs is 1. The third-order valence-electron chi connectivity index (χ3n) is 2.00. The number of hydrogen-bond acceptors (Lipinski definition) is 2. The molecule has 0 fully saturated rings. The highest BCUT2D eigenvalue weighted by atomic mass is 79.9. The molecule has 3 nitrogen and oxygen atoms in total. The smallest absolute Gasteiger partial charge is 0.257 e. The largest absolute Gasteiger partial charge is 0.482 e. The first-order valence-electron chi connectivity index (χ1n) is 4.08. The fourth-order valence-electron chi connectivity index (χ4n) is 1.37. The Morgan fingerprint density at radius 2 is 2.07 bits per heavy atom. The Morgan fingerprint density at radius 3 is 2.79 bits per heavy atom. The molecule has 4 heteroatoms. The van der Waals surface area contributed by atoms with Gasteiger partial charge in [0.2, 0.25) is 5.88 Å². The molecule has 0 aromatic carbocycles. The standard InChI is InChI=1S/C10H8BrNO2/c1-14-10-4-2-3-8-7(11)5-6-9(13)12(8)10/h2-6H,1H3. The summed E-state index contributed by atoms with van der Waals surface area (Å²) in [4.78, 5) is 11.6. The van der Waals surface area contributed by atoms with Gasteiger partial charge >= 0.3 is 0 Å². The number of rotatable bonds is 1. The average molecular weight is 254 g/mol. The van der Waals surface area contributed by atoms with Gasteiger partial charge in [0.25, 0.3) is 5.56 Å². The summed E-state index contributed by atoms with van der Waals surface area (Å²) in [6, 6.07) is 8.68. The van der Waals surface area contributed by atoms with Gasteiger partial charge in [-0.3, -0.25) is 4.79 Å². The van der Waals surface area contributed by atoms with E-state index in [0.717, 1.165) is 9.99 Å². The minimum absolute atomic E-state index is 0.0966.